The van der Waals surface area contributed by atoms with E-state index in [1.807, 2.05) is 13.0 Å². The highest BCUT2D eigenvalue weighted by Crippen LogP contribution is 2.17. The summed E-state index contributed by atoms with van der Waals surface area (Å²) >= 11 is 0. The van der Waals surface area contributed by atoms with Crippen molar-refractivity contribution in [1.82, 2.24) is 10.2 Å². The average Bonchev–Trinajstić information content (AvgIpc) is 2.74. The molecule has 0 saturated carbocycles. The highest BCUT2D eigenvalue weighted by Gasteiger charge is 2.11. The van der Waals surface area contributed by atoms with Crippen LogP contribution in [0.25, 0.3) is 0 Å². The Morgan fingerprint density at radius 1 is 1.50 bits per heavy atom. The molecule has 0 aliphatic rings. The minimum Gasteiger partial charge on any atom is -0.465 e. The predicted octanol–water partition coefficient (Wildman–Crippen LogP) is 2.72. The van der Waals surface area contributed by atoms with Gasteiger partial charge in [0.05, 0.1) is 13.2 Å². The molecule has 20 heavy (non-hydrogen) atoms. The molecule has 0 unspecified atom stereocenters. The Balaban J connectivity index is 2.62. The number of hydrogen-bond donors (Lipinski definition) is 1. The molecule has 4 heteroatoms. The summed E-state index contributed by atoms with van der Waals surface area (Å²) in [6.07, 6.45) is 1.92. The van der Waals surface area contributed by atoms with Gasteiger partial charge in [-0.05, 0) is 13.0 Å². The van der Waals surface area contributed by atoms with Crippen LogP contribution >= 0.6 is 0 Å². The van der Waals surface area contributed by atoms with Crippen LogP contribution in [0.5, 0.6) is 0 Å². The SMILES string of the molecule is C=CCN(CCOC)Cc1cc(CNC(C)C)oc1C. The second kappa shape index (κ2) is 8.95. The third-order valence-corrected chi connectivity index (χ3v) is 3.15. The van der Waals surface area contributed by atoms with E-state index in [1.54, 1.807) is 7.11 Å². The first-order valence-electron chi connectivity index (χ1n) is 7.20. The van der Waals surface area contributed by atoms with Crippen LogP contribution in [0.2, 0.25) is 0 Å². The lowest BCUT2D eigenvalue weighted by Gasteiger charge is -2.19. The van der Waals surface area contributed by atoms with E-state index in [2.05, 4.69) is 36.7 Å². The summed E-state index contributed by atoms with van der Waals surface area (Å²) < 4.78 is 10.9. The fourth-order valence-corrected chi connectivity index (χ4v) is 2.02. The monoisotopic (exact) mass is 280 g/mol. The summed E-state index contributed by atoms with van der Waals surface area (Å²) in [5, 5.41) is 3.37. The zero-order chi connectivity index (χ0) is 15.0. The zero-order valence-corrected chi connectivity index (χ0v) is 13.2. The number of nitrogens with one attached hydrogen (secondary N) is 1. The van der Waals surface area contributed by atoms with Crippen LogP contribution in [0, 0.1) is 6.92 Å². The van der Waals surface area contributed by atoms with Crippen molar-refractivity contribution in [2.75, 3.05) is 26.8 Å². The number of ether oxygens (including phenoxy) is 1. The molecule has 1 heterocycles. The van der Waals surface area contributed by atoms with Crippen molar-refractivity contribution < 1.29 is 9.15 Å². The van der Waals surface area contributed by atoms with E-state index in [9.17, 15) is 0 Å². The second-order valence-corrected chi connectivity index (χ2v) is 5.35. The number of furan rings is 1. The van der Waals surface area contributed by atoms with Crippen molar-refractivity contribution >= 4 is 0 Å². The van der Waals surface area contributed by atoms with Crippen LogP contribution in [0.3, 0.4) is 0 Å². The molecule has 1 aromatic heterocycles. The minimum absolute atomic E-state index is 0.461. The Kier molecular flexibility index (Phi) is 7.59. The Hall–Kier alpha value is -1.10. The van der Waals surface area contributed by atoms with Crippen molar-refractivity contribution in [1.29, 1.82) is 0 Å². The molecule has 0 spiro atoms. The fraction of sp³-hybridized carbons (Fsp3) is 0.625. The topological polar surface area (TPSA) is 37.6 Å². The van der Waals surface area contributed by atoms with Gasteiger partial charge in [-0.25, -0.2) is 0 Å². The third kappa shape index (κ3) is 5.90. The maximum atomic E-state index is 5.80. The largest absolute Gasteiger partial charge is 0.465 e. The van der Waals surface area contributed by atoms with Gasteiger partial charge in [0.2, 0.25) is 0 Å². The highest BCUT2D eigenvalue weighted by atomic mass is 16.5. The molecule has 1 rings (SSSR count). The molecule has 4 nitrogen and oxygen atoms in total. The van der Waals surface area contributed by atoms with Gasteiger partial charge in [0.15, 0.2) is 0 Å². The standard InChI is InChI=1S/C16H28N2O2/c1-6-7-18(8-9-19-5)12-15-10-16(20-14(15)4)11-17-13(2)3/h6,10,13,17H,1,7-9,11-12H2,2-5H3. The molecule has 0 aliphatic heterocycles. The Morgan fingerprint density at radius 2 is 2.25 bits per heavy atom. The van der Waals surface area contributed by atoms with Crippen molar-refractivity contribution in [3.05, 3.63) is 35.8 Å². The summed E-state index contributed by atoms with van der Waals surface area (Å²) in [5.74, 6) is 1.99. The molecule has 1 aromatic rings. The quantitative estimate of drug-likeness (QED) is 0.669. The van der Waals surface area contributed by atoms with E-state index < -0.39 is 0 Å². The van der Waals surface area contributed by atoms with Gasteiger partial charge in [-0.1, -0.05) is 19.9 Å². The number of rotatable bonds is 10. The molecular formula is C16H28N2O2. The van der Waals surface area contributed by atoms with Gasteiger partial charge < -0.3 is 14.5 Å². The maximum absolute atomic E-state index is 5.80. The van der Waals surface area contributed by atoms with Crippen LogP contribution in [-0.4, -0.2) is 37.7 Å². The Labute approximate surface area is 122 Å². The van der Waals surface area contributed by atoms with Crippen LogP contribution in [0.4, 0.5) is 0 Å². The molecule has 0 aromatic carbocycles. The molecule has 0 amide bonds. The molecule has 0 atom stereocenters. The van der Waals surface area contributed by atoms with E-state index in [0.717, 1.165) is 44.3 Å². The van der Waals surface area contributed by atoms with Crippen LogP contribution < -0.4 is 5.32 Å². The van der Waals surface area contributed by atoms with Crippen molar-refractivity contribution in [3.8, 4) is 0 Å². The molecule has 0 radical (unpaired) electrons. The lowest BCUT2D eigenvalue weighted by molar-refractivity contribution is 0.151. The fourth-order valence-electron chi connectivity index (χ4n) is 2.02. The normalized spacial score (nSPS) is 11.5. The second-order valence-electron chi connectivity index (χ2n) is 5.35. The molecule has 0 fully saturated rings. The summed E-state index contributed by atoms with van der Waals surface area (Å²) in [4.78, 5) is 2.30. The van der Waals surface area contributed by atoms with Crippen molar-refractivity contribution in [3.63, 3.8) is 0 Å². The lowest BCUT2D eigenvalue weighted by atomic mass is 10.2. The van der Waals surface area contributed by atoms with E-state index in [1.165, 1.54) is 5.56 Å². The van der Waals surface area contributed by atoms with Crippen LogP contribution in [0.15, 0.2) is 23.1 Å². The van der Waals surface area contributed by atoms with Gasteiger partial charge in [0, 0.05) is 38.3 Å². The summed E-state index contributed by atoms with van der Waals surface area (Å²) in [7, 11) is 1.73. The highest BCUT2D eigenvalue weighted by molar-refractivity contribution is 5.21. The van der Waals surface area contributed by atoms with E-state index in [4.69, 9.17) is 9.15 Å². The van der Waals surface area contributed by atoms with Crippen LogP contribution in [-0.2, 0) is 17.8 Å². The third-order valence-electron chi connectivity index (χ3n) is 3.15. The van der Waals surface area contributed by atoms with Gasteiger partial charge in [-0.3, -0.25) is 4.90 Å². The van der Waals surface area contributed by atoms with E-state index in [-0.39, 0.29) is 0 Å². The Morgan fingerprint density at radius 3 is 2.85 bits per heavy atom. The van der Waals surface area contributed by atoms with Crippen molar-refractivity contribution in [2.24, 2.45) is 0 Å². The van der Waals surface area contributed by atoms with Gasteiger partial charge in [-0.2, -0.15) is 0 Å². The van der Waals surface area contributed by atoms with Gasteiger partial charge in [0.25, 0.3) is 0 Å². The predicted molar refractivity (Wildman–Crippen MR) is 82.8 cm³/mol. The maximum Gasteiger partial charge on any atom is 0.118 e. The molecule has 0 bridgehead atoms. The van der Waals surface area contributed by atoms with Gasteiger partial charge in [-0.15, -0.1) is 6.58 Å². The number of methoxy groups -OCH3 is 1. The van der Waals surface area contributed by atoms with Crippen LogP contribution in [0.1, 0.15) is 30.9 Å². The summed E-state index contributed by atoms with van der Waals surface area (Å²) in [6, 6.07) is 2.61. The summed E-state index contributed by atoms with van der Waals surface area (Å²) in [5.41, 5.74) is 1.24. The number of nitrogens with zero attached hydrogens (tertiary/aromatic N) is 1. The van der Waals surface area contributed by atoms with Crippen molar-refractivity contribution in [2.45, 2.75) is 39.9 Å². The van der Waals surface area contributed by atoms with E-state index >= 15 is 0 Å². The number of aryl methyl sites for hydroxylation is 1. The average molecular weight is 280 g/mol. The first-order chi connectivity index (χ1) is 9.56. The zero-order valence-electron chi connectivity index (χ0n) is 13.2. The smallest absolute Gasteiger partial charge is 0.118 e. The first-order valence-corrected chi connectivity index (χ1v) is 7.20. The molecule has 0 saturated heterocycles. The number of hydrogen-bond acceptors (Lipinski definition) is 4. The molecule has 114 valence electrons. The molecule has 1 N–H and O–H groups in total. The molecular weight excluding hydrogens is 252 g/mol. The van der Waals surface area contributed by atoms with E-state index in [0.29, 0.717) is 6.04 Å². The minimum atomic E-state index is 0.461. The summed E-state index contributed by atoms with van der Waals surface area (Å²) in [6.45, 7) is 14.2. The Bertz CT molecular complexity index is 399. The lowest BCUT2D eigenvalue weighted by Crippen LogP contribution is -2.27. The first kappa shape index (κ1) is 17.0. The van der Waals surface area contributed by atoms with Gasteiger partial charge >= 0.3 is 0 Å². The molecule has 0 aliphatic carbocycles. The van der Waals surface area contributed by atoms with Gasteiger partial charge in [0.1, 0.15) is 11.5 Å².